The maximum Gasteiger partial charge on any atom is 0.256 e. The molecular formula is C13H16F2N2O2. The molecule has 1 heterocycles. The molecule has 1 aliphatic rings. The van der Waals surface area contributed by atoms with Crippen molar-refractivity contribution < 1.29 is 18.7 Å². The van der Waals surface area contributed by atoms with E-state index >= 15 is 0 Å². The molecule has 0 aromatic heterocycles. The summed E-state index contributed by atoms with van der Waals surface area (Å²) in [6, 6.07) is 1.58. The molecule has 0 bridgehead atoms. The van der Waals surface area contributed by atoms with E-state index in [2.05, 4.69) is 0 Å². The third-order valence-electron chi connectivity index (χ3n) is 3.61. The quantitative estimate of drug-likeness (QED) is 0.798. The van der Waals surface area contributed by atoms with Crippen molar-refractivity contribution in [3.8, 4) is 0 Å². The number of anilines is 1. The molecule has 1 aliphatic heterocycles. The molecule has 0 aliphatic carbocycles. The Morgan fingerprint density at radius 2 is 1.89 bits per heavy atom. The second-order valence-corrected chi connectivity index (χ2v) is 5.27. The first-order valence-corrected chi connectivity index (χ1v) is 6.01. The fraction of sp³-hybridized carbons (Fsp3) is 0.462. The van der Waals surface area contributed by atoms with E-state index < -0.39 is 23.1 Å². The van der Waals surface area contributed by atoms with Crippen LogP contribution in [0.4, 0.5) is 14.5 Å². The van der Waals surface area contributed by atoms with Gasteiger partial charge >= 0.3 is 0 Å². The molecule has 3 N–H and O–H groups in total. The van der Waals surface area contributed by atoms with Crippen LogP contribution in [-0.2, 0) is 0 Å². The fourth-order valence-electron chi connectivity index (χ4n) is 2.04. The zero-order chi connectivity index (χ0) is 14.4. The van der Waals surface area contributed by atoms with Crippen LogP contribution in [0.5, 0.6) is 0 Å². The molecule has 0 atom stereocenters. The van der Waals surface area contributed by atoms with Gasteiger partial charge in [0.15, 0.2) is 11.6 Å². The highest BCUT2D eigenvalue weighted by molar-refractivity contribution is 5.99. The molecule has 4 nitrogen and oxygen atoms in total. The van der Waals surface area contributed by atoms with Crippen LogP contribution in [0.15, 0.2) is 12.1 Å². The van der Waals surface area contributed by atoms with E-state index in [0.717, 1.165) is 12.1 Å². The number of carbonyl (C=O) groups is 1. The zero-order valence-corrected chi connectivity index (χ0v) is 10.8. The monoisotopic (exact) mass is 270 g/mol. The number of halogens is 2. The summed E-state index contributed by atoms with van der Waals surface area (Å²) < 4.78 is 26.1. The number of hydrogen-bond acceptors (Lipinski definition) is 3. The summed E-state index contributed by atoms with van der Waals surface area (Å²) in [5.41, 5.74) is 4.42. The highest BCUT2D eigenvalue weighted by Gasteiger charge is 2.46. The Labute approximate surface area is 109 Å². The minimum absolute atomic E-state index is 0.0128. The average Bonchev–Trinajstić information content (AvgIpc) is 2.28. The first-order chi connectivity index (χ1) is 8.74. The summed E-state index contributed by atoms with van der Waals surface area (Å²) in [4.78, 5) is 13.4. The molecule has 6 heteroatoms. The predicted molar refractivity (Wildman–Crippen MR) is 66.5 cm³/mol. The molecule has 1 fully saturated rings. The van der Waals surface area contributed by atoms with E-state index in [4.69, 9.17) is 5.73 Å². The number of amides is 1. The summed E-state index contributed by atoms with van der Waals surface area (Å²) in [7, 11) is 0. The Morgan fingerprint density at radius 3 is 2.42 bits per heavy atom. The van der Waals surface area contributed by atoms with Gasteiger partial charge in [-0.1, -0.05) is 13.8 Å². The third kappa shape index (κ3) is 2.28. The lowest BCUT2D eigenvalue weighted by atomic mass is 9.82. The first-order valence-electron chi connectivity index (χ1n) is 6.01. The van der Waals surface area contributed by atoms with Crippen LogP contribution in [0, 0.1) is 17.6 Å². The van der Waals surface area contributed by atoms with Crippen LogP contribution in [0.3, 0.4) is 0 Å². The molecule has 2 rings (SSSR count). The number of hydrogen-bond donors (Lipinski definition) is 2. The van der Waals surface area contributed by atoms with E-state index in [1.807, 2.05) is 13.8 Å². The van der Waals surface area contributed by atoms with E-state index in [1.54, 1.807) is 0 Å². The normalized spacial score (nSPS) is 17.5. The second kappa shape index (κ2) is 4.45. The van der Waals surface area contributed by atoms with Gasteiger partial charge in [0.25, 0.3) is 5.91 Å². The van der Waals surface area contributed by atoms with Crippen molar-refractivity contribution in [3.05, 3.63) is 29.3 Å². The largest absolute Gasteiger partial charge is 0.398 e. The van der Waals surface area contributed by atoms with E-state index in [-0.39, 0.29) is 30.3 Å². The first kappa shape index (κ1) is 13.7. The van der Waals surface area contributed by atoms with Crippen molar-refractivity contribution >= 4 is 11.6 Å². The number of aliphatic hydroxyl groups is 1. The van der Waals surface area contributed by atoms with Crippen LogP contribution in [0.25, 0.3) is 0 Å². The Hall–Kier alpha value is -1.69. The second-order valence-electron chi connectivity index (χ2n) is 5.27. The predicted octanol–water partition coefficient (Wildman–Crippen LogP) is 1.39. The zero-order valence-electron chi connectivity index (χ0n) is 10.8. The lowest BCUT2D eigenvalue weighted by Crippen LogP contribution is -2.66. The fourth-order valence-corrected chi connectivity index (χ4v) is 2.04. The summed E-state index contributed by atoms with van der Waals surface area (Å²) in [6.07, 6.45) is 0. The number of rotatable bonds is 2. The number of nitrogens with zero attached hydrogens (tertiary/aromatic N) is 1. The molecule has 1 amide bonds. The highest BCUT2D eigenvalue weighted by atomic mass is 19.2. The number of benzene rings is 1. The molecule has 1 saturated heterocycles. The molecule has 0 unspecified atom stereocenters. The van der Waals surface area contributed by atoms with Gasteiger partial charge in [0.05, 0.1) is 18.7 Å². The number of β-amino-alcohol motifs (C(OH)–C–C–N with tert-alkyl or cyclic N) is 1. The van der Waals surface area contributed by atoms with E-state index in [0.29, 0.717) is 0 Å². The smallest absolute Gasteiger partial charge is 0.256 e. The Morgan fingerprint density at radius 1 is 1.37 bits per heavy atom. The molecule has 0 radical (unpaired) electrons. The standard InChI is InChI=1S/C13H16F2N2O2/c1-7(2)13(19)5-17(6-13)12(18)8-3-9(14)10(15)4-11(8)16/h3-4,7,19H,5-6,16H2,1-2H3. The van der Waals surface area contributed by atoms with Crippen molar-refractivity contribution in [2.45, 2.75) is 19.4 Å². The van der Waals surface area contributed by atoms with Gasteiger partial charge < -0.3 is 15.7 Å². The van der Waals surface area contributed by atoms with Gasteiger partial charge in [-0.15, -0.1) is 0 Å². The van der Waals surface area contributed by atoms with E-state index in [1.165, 1.54) is 4.90 Å². The van der Waals surface area contributed by atoms with Crippen LogP contribution < -0.4 is 5.73 Å². The molecule has 0 saturated carbocycles. The Bertz CT molecular complexity index is 526. The van der Waals surface area contributed by atoms with E-state index in [9.17, 15) is 18.7 Å². The van der Waals surface area contributed by atoms with Gasteiger partial charge in [0.2, 0.25) is 0 Å². The minimum atomic E-state index is -1.11. The van der Waals surface area contributed by atoms with Crippen LogP contribution >= 0.6 is 0 Å². The van der Waals surface area contributed by atoms with Gasteiger partial charge in [-0.2, -0.15) is 0 Å². The number of nitrogens with two attached hydrogens (primary N) is 1. The van der Waals surface area contributed by atoms with Crippen LogP contribution in [0.1, 0.15) is 24.2 Å². The van der Waals surface area contributed by atoms with Crippen molar-refractivity contribution in [1.29, 1.82) is 0 Å². The average molecular weight is 270 g/mol. The van der Waals surface area contributed by atoms with Crippen molar-refractivity contribution in [3.63, 3.8) is 0 Å². The highest BCUT2D eigenvalue weighted by Crippen LogP contribution is 2.31. The van der Waals surface area contributed by atoms with Gasteiger partial charge in [0.1, 0.15) is 5.60 Å². The molecule has 0 spiro atoms. The van der Waals surface area contributed by atoms with Crippen molar-refractivity contribution in [2.75, 3.05) is 18.8 Å². The summed E-state index contributed by atoms with van der Waals surface area (Å²) in [5.74, 6) is -2.69. The number of nitrogen functional groups attached to an aromatic ring is 1. The SMILES string of the molecule is CC(C)C1(O)CN(C(=O)c2cc(F)c(F)cc2N)C1. The Kier molecular flexibility index (Phi) is 3.22. The topological polar surface area (TPSA) is 66.6 Å². The maximum absolute atomic E-state index is 13.1. The maximum atomic E-state index is 13.1. The van der Waals surface area contributed by atoms with Crippen molar-refractivity contribution in [2.24, 2.45) is 5.92 Å². The number of carbonyl (C=O) groups excluding carboxylic acids is 1. The van der Waals surface area contributed by atoms with Crippen LogP contribution in [0.2, 0.25) is 0 Å². The Balaban J connectivity index is 2.17. The third-order valence-corrected chi connectivity index (χ3v) is 3.61. The summed E-state index contributed by atoms with van der Waals surface area (Å²) >= 11 is 0. The van der Waals surface area contributed by atoms with Gasteiger partial charge in [-0.05, 0) is 12.0 Å². The van der Waals surface area contributed by atoms with Crippen LogP contribution in [-0.4, -0.2) is 34.6 Å². The minimum Gasteiger partial charge on any atom is -0.398 e. The summed E-state index contributed by atoms with van der Waals surface area (Å²) in [6.45, 7) is 4.05. The molecule has 1 aromatic carbocycles. The lowest BCUT2D eigenvalue weighted by Gasteiger charge is -2.49. The van der Waals surface area contributed by atoms with Gasteiger partial charge in [0, 0.05) is 11.8 Å². The van der Waals surface area contributed by atoms with Gasteiger partial charge in [-0.3, -0.25) is 4.79 Å². The van der Waals surface area contributed by atoms with Gasteiger partial charge in [-0.25, -0.2) is 8.78 Å². The molecule has 1 aromatic rings. The molecular weight excluding hydrogens is 254 g/mol. The summed E-state index contributed by atoms with van der Waals surface area (Å²) in [5, 5.41) is 10.1. The molecule has 104 valence electrons. The lowest BCUT2D eigenvalue weighted by molar-refractivity contribution is -0.110. The van der Waals surface area contributed by atoms with Crippen molar-refractivity contribution in [1.82, 2.24) is 4.90 Å². The molecule has 19 heavy (non-hydrogen) atoms. The number of likely N-dealkylation sites (tertiary alicyclic amines) is 1.